The molecule has 2 N–H and O–H groups in total. The third kappa shape index (κ3) is 3.69. The smallest absolute Gasteiger partial charge is 0.255 e. The Morgan fingerprint density at radius 2 is 1.52 bits per heavy atom. The molecular weight excluding hydrogens is 560 g/mol. The molecule has 9 heteroatoms. The third-order valence-corrected chi connectivity index (χ3v) is 8.65. The highest BCUT2D eigenvalue weighted by molar-refractivity contribution is 5.70. The van der Waals surface area contributed by atoms with Gasteiger partial charge in [-0.05, 0) is 29.8 Å². The van der Waals surface area contributed by atoms with E-state index in [1.165, 1.54) is 7.11 Å². The van der Waals surface area contributed by atoms with Crippen molar-refractivity contribution in [3.05, 3.63) is 129 Å². The maximum Gasteiger partial charge on any atom is 0.255 e. The summed E-state index contributed by atoms with van der Waals surface area (Å²) in [5, 5.41) is 13.5. The van der Waals surface area contributed by atoms with Gasteiger partial charge in [0.1, 0.15) is 34.6 Å². The first kappa shape index (κ1) is 27.5. The van der Waals surface area contributed by atoms with Gasteiger partial charge in [-0.15, -0.1) is 0 Å². The SMILES string of the molecule is COc1ccc([C@]23Oc4cc(OC)cc(OC)c4[C@@]2(O)c2nc(-c4cccc(OC)c4)[nH]c(=O)c2[C@@H]3c2ccccc2)cc1. The number of aromatic amines is 1. The maximum atomic E-state index is 14.3. The van der Waals surface area contributed by atoms with Crippen LogP contribution in [0, 0.1) is 0 Å². The van der Waals surface area contributed by atoms with Crippen LogP contribution in [-0.2, 0) is 11.2 Å². The van der Waals surface area contributed by atoms with E-state index >= 15 is 0 Å². The number of rotatable bonds is 7. The van der Waals surface area contributed by atoms with Crippen LogP contribution in [0.15, 0.2) is 95.8 Å². The first-order valence-electron chi connectivity index (χ1n) is 14.1. The minimum absolute atomic E-state index is 0.172. The average Bonchev–Trinajstić information content (AvgIpc) is 3.47. The van der Waals surface area contributed by atoms with Crippen molar-refractivity contribution < 1.29 is 28.8 Å². The topological polar surface area (TPSA) is 112 Å². The first-order chi connectivity index (χ1) is 21.4. The molecule has 3 atom stereocenters. The van der Waals surface area contributed by atoms with Gasteiger partial charge in [0.2, 0.25) is 0 Å². The Bertz CT molecular complexity index is 1940. The molecule has 222 valence electrons. The Balaban J connectivity index is 1.62. The number of hydrogen-bond donors (Lipinski definition) is 2. The van der Waals surface area contributed by atoms with Crippen molar-refractivity contribution in [3.63, 3.8) is 0 Å². The molecule has 0 unspecified atom stereocenters. The van der Waals surface area contributed by atoms with E-state index in [2.05, 4.69) is 4.98 Å². The number of hydrogen-bond acceptors (Lipinski definition) is 8. The standard InChI is InChI=1S/C35H30N2O7/c1-40-23-15-13-22(14-16-23)35-29(20-9-6-5-7-10-20)28-31(36-32(37-33(28)38)21-11-8-12-24(17-21)41-2)34(35,39)30-26(43-4)18-25(42-3)19-27(30)44-35/h5-19,29,39H,1-4H3,(H,36,37,38)/t29-,34+,35+/m0/s1. The van der Waals surface area contributed by atoms with Crippen LogP contribution in [0.2, 0.25) is 0 Å². The Kier molecular flexibility index (Phi) is 6.37. The summed E-state index contributed by atoms with van der Waals surface area (Å²) >= 11 is 0. The lowest BCUT2D eigenvalue weighted by atomic mass is 9.70. The summed E-state index contributed by atoms with van der Waals surface area (Å²) in [4.78, 5) is 22.3. The maximum absolute atomic E-state index is 14.3. The van der Waals surface area contributed by atoms with Crippen LogP contribution in [0.4, 0.5) is 0 Å². The zero-order chi connectivity index (χ0) is 30.6. The number of aliphatic hydroxyl groups is 1. The largest absolute Gasteiger partial charge is 0.497 e. The Morgan fingerprint density at radius 1 is 0.795 bits per heavy atom. The number of fused-ring (bicyclic) bond motifs is 5. The Hall–Kier alpha value is -5.28. The molecule has 4 aromatic carbocycles. The predicted octanol–water partition coefficient (Wildman–Crippen LogP) is 5.14. The second kappa shape index (κ2) is 10.2. The van der Waals surface area contributed by atoms with E-state index in [0.717, 1.165) is 5.56 Å². The molecule has 0 saturated carbocycles. The summed E-state index contributed by atoms with van der Waals surface area (Å²) < 4.78 is 29.3. The fourth-order valence-electron chi connectivity index (χ4n) is 6.73. The molecule has 2 heterocycles. The van der Waals surface area contributed by atoms with Gasteiger partial charge in [0.05, 0.1) is 51.2 Å². The molecule has 44 heavy (non-hydrogen) atoms. The number of ether oxygens (including phenoxy) is 5. The lowest BCUT2D eigenvalue weighted by Gasteiger charge is -2.40. The number of aromatic nitrogens is 2. The van der Waals surface area contributed by atoms with Gasteiger partial charge in [0, 0.05) is 23.3 Å². The van der Waals surface area contributed by atoms with Gasteiger partial charge in [0.15, 0.2) is 11.2 Å². The first-order valence-corrected chi connectivity index (χ1v) is 14.1. The van der Waals surface area contributed by atoms with Crippen molar-refractivity contribution >= 4 is 0 Å². The number of nitrogens with zero attached hydrogens (tertiary/aromatic N) is 1. The van der Waals surface area contributed by atoms with Gasteiger partial charge in [-0.25, -0.2) is 4.98 Å². The fraction of sp³-hybridized carbons (Fsp3) is 0.200. The monoisotopic (exact) mass is 590 g/mol. The summed E-state index contributed by atoms with van der Waals surface area (Å²) in [7, 11) is 6.23. The van der Waals surface area contributed by atoms with Crippen molar-refractivity contribution in [2.75, 3.05) is 28.4 Å². The second-order valence-corrected chi connectivity index (χ2v) is 10.7. The minimum Gasteiger partial charge on any atom is -0.497 e. The van der Waals surface area contributed by atoms with E-state index in [4.69, 9.17) is 28.7 Å². The molecule has 5 aromatic rings. The zero-order valence-corrected chi connectivity index (χ0v) is 24.6. The van der Waals surface area contributed by atoms with Gasteiger partial charge >= 0.3 is 0 Å². The van der Waals surface area contributed by atoms with Crippen LogP contribution in [0.3, 0.4) is 0 Å². The quantitative estimate of drug-likeness (QED) is 0.268. The van der Waals surface area contributed by atoms with E-state index in [1.54, 1.807) is 51.7 Å². The lowest BCUT2D eigenvalue weighted by molar-refractivity contribution is -0.0909. The molecule has 1 aliphatic carbocycles. The lowest BCUT2D eigenvalue weighted by Crippen LogP contribution is -2.49. The van der Waals surface area contributed by atoms with Crippen LogP contribution in [0.5, 0.6) is 28.7 Å². The molecule has 0 saturated heterocycles. The van der Waals surface area contributed by atoms with Crippen molar-refractivity contribution in [3.8, 4) is 40.1 Å². The van der Waals surface area contributed by atoms with Crippen molar-refractivity contribution in [1.82, 2.24) is 9.97 Å². The molecular formula is C35H30N2O7. The predicted molar refractivity (Wildman–Crippen MR) is 163 cm³/mol. The molecule has 0 amide bonds. The molecule has 0 bridgehead atoms. The summed E-state index contributed by atoms with van der Waals surface area (Å²) in [6.45, 7) is 0. The van der Waals surface area contributed by atoms with E-state index in [-0.39, 0.29) is 11.5 Å². The van der Waals surface area contributed by atoms with Crippen molar-refractivity contribution in [2.45, 2.75) is 17.1 Å². The average molecular weight is 591 g/mol. The van der Waals surface area contributed by atoms with Crippen LogP contribution in [0.1, 0.15) is 33.9 Å². The van der Waals surface area contributed by atoms with E-state index in [1.807, 2.05) is 60.7 Å². The molecule has 0 radical (unpaired) electrons. The molecule has 9 nitrogen and oxygen atoms in total. The minimum atomic E-state index is -1.98. The Labute approximate surface area is 253 Å². The van der Waals surface area contributed by atoms with Crippen LogP contribution >= 0.6 is 0 Å². The Morgan fingerprint density at radius 3 is 2.20 bits per heavy atom. The number of nitrogens with one attached hydrogen (secondary N) is 1. The third-order valence-electron chi connectivity index (χ3n) is 8.65. The van der Waals surface area contributed by atoms with Gasteiger partial charge in [0.25, 0.3) is 5.56 Å². The van der Waals surface area contributed by atoms with Crippen LogP contribution < -0.4 is 29.2 Å². The zero-order valence-electron chi connectivity index (χ0n) is 24.6. The number of benzene rings is 4. The van der Waals surface area contributed by atoms with Crippen LogP contribution in [-0.4, -0.2) is 43.5 Å². The highest BCUT2D eigenvalue weighted by atomic mass is 16.5. The normalized spacial score (nSPS) is 21.1. The summed E-state index contributed by atoms with van der Waals surface area (Å²) in [5.74, 6) is 1.91. The van der Waals surface area contributed by atoms with Gasteiger partial charge in [-0.2, -0.15) is 0 Å². The van der Waals surface area contributed by atoms with E-state index in [0.29, 0.717) is 51.0 Å². The van der Waals surface area contributed by atoms with Crippen LogP contribution in [0.25, 0.3) is 11.4 Å². The number of methoxy groups -OCH3 is 4. The highest BCUT2D eigenvalue weighted by Crippen LogP contribution is 2.69. The fourth-order valence-corrected chi connectivity index (χ4v) is 6.73. The van der Waals surface area contributed by atoms with Gasteiger partial charge in [-0.1, -0.05) is 54.6 Å². The van der Waals surface area contributed by atoms with E-state index < -0.39 is 22.7 Å². The molecule has 0 fully saturated rings. The van der Waals surface area contributed by atoms with Gasteiger partial charge < -0.3 is 33.8 Å². The number of H-pyrrole nitrogens is 1. The van der Waals surface area contributed by atoms with Crippen molar-refractivity contribution in [1.29, 1.82) is 0 Å². The summed E-state index contributed by atoms with van der Waals surface area (Å²) in [6.07, 6.45) is 0. The summed E-state index contributed by atoms with van der Waals surface area (Å²) in [5.41, 5.74) is -1.12. The van der Waals surface area contributed by atoms with E-state index in [9.17, 15) is 9.90 Å². The molecule has 1 aromatic heterocycles. The second-order valence-electron chi connectivity index (χ2n) is 10.7. The summed E-state index contributed by atoms with van der Waals surface area (Å²) in [6, 6.07) is 27.5. The van der Waals surface area contributed by atoms with Gasteiger partial charge in [-0.3, -0.25) is 4.79 Å². The molecule has 1 aliphatic heterocycles. The highest BCUT2D eigenvalue weighted by Gasteiger charge is 2.73. The molecule has 2 aliphatic rings. The molecule has 7 rings (SSSR count). The molecule has 0 spiro atoms. The van der Waals surface area contributed by atoms with Crippen molar-refractivity contribution in [2.24, 2.45) is 0 Å².